The average molecular weight is 475 g/mol. The van der Waals surface area contributed by atoms with E-state index in [0.717, 1.165) is 21.3 Å². The normalized spacial score (nSPS) is 19.0. The molecule has 174 valence electrons. The van der Waals surface area contributed by atoms with Gasteiger partial charge in [-0.15, -0.1) is 0 Å². The summed E-state index contributed by atoms with van der Waals surface area (Å²) in [4.78, 5) is 42.0. The minimum absolute atomic E-state index is 0.0117. The van der Waals surface area contributed by atoms with Crippen LogP contribution in [0.4, 0.5) is 4.39 Å². The number of fused-ring (bicyclic) bond motifs is 1. The molecule has 0 radical (unpaired) electrons. The van der Waals surface area contributed by atoms with Gasteiger partial charge in [0.05, 0.1) is 29.5 Å². The van der Waals surface area contributed by atoms with Crippen LogP contribution in [0.1, 0.15) is 46.2 Å². The minimum Gasteiger partial charge on any atom is -0.466 e. The van der Waals surface area contributed by atoms with Crippen LogP contribution in [0.25, 0.3) is 0 Å². The standard InChI is InChI=1S/C22H22FN3O6S/c1-2-32-22(29)15-5-4-10-25(12-15)33(30,31)18-11-16(23)8-7-14(18)13-26-20(27)17-6-3-9-24-19(17)21(26)28/h3,6-9,11,15H,2,4-5,10,12-13H2,1H3/t15-/m0/s1. The van der Waals surface area contributed by atoms with Gasteiger partial charge in [0.25, 0.3) is 11.8 Å². The Hall–Kier alpha value is -3.18. The van der Waals surface area contributed by atoms with E-state index in [9.17, 15) is 27.2 Å². The summed E-state index contributed by atoms with van der Waals surface area (Å²) in [7, 11) is -4.22. The molecule has 1 aromatic heterocycles. The van der Waals surface area contributed by atoms with Crippen LogP contribution in [-0.2, 0) is 26.1 Å². The third kappa shape index (κ3) is 4.25. The summed E-state index contributed by atoms with van der Waals surface area (Å²) in [5.74, 6) is -3.12. The van der Waals surface area contributed by atoms with Gasteiger partial charge in [0.1, 0.15) is 11.5 Å². The highest BCUT2D eigenvalue weighted by Crippen LogP contribution is 2.30. The molecule has 2 aliphatic rings. The Bertz CT molecular complexity index is 1200. The first-order valence-electron chi connectivity index (χ1n) is 10.5. The summed E-state index contributed by atoms with van der Waals surface area (Å²) in [6, 6.07) is 6.18. The van der Waals surface area contributed by atoms with Crippen LogP contribution in [0.15, 0.2) is 41.4 Å². The van der Waals surface area contributed by atoms with Gasteiger partial charge in [-0.1, -0.05) is 6.07 Å². The predicted molar refractivity (Wildman–Crippen MR) is 113 cm³/mol. The Labute approximate surface area is 190 Å². The summed E-state index contributed by atoms with van der Waals surface area (Å²) in [6.45, 7) is 1.56. The summed E-state index contributed by atoms with van der Waals surface area (Å²) in [6.07, 6.45) is 2.32. The number of rotatable bonds is 6. The molecule has 2 amide bonds. The molecular formula is C22H22FN3O6S. The number of imide groups is 1. The molecule has 1 fully saturated rings. The molecule has 3 heterocycles. The van der Waals surface area contributed by atoms with E-state index in [1.165, 1.54) is 24.4 Å². The van der Waals surface area contributed by atoms with Gasteiger partial charge in [-0.3, -0.25) is 24.3 Å². The topological polar surface area (TPSA) is 114 Å². The van der Waals surface area contributed by atoms with Gasteiger partial charge in [-0.2, -0.15) is 4.31 Å². The van der Waals surface area contributed by atoms with Crippen molar-refractivity contribution in [2.24, 2.45) is 5.92 Å². The number of hydrogen-bond donors (Lipinski definition) is 0. The predicted octanol–water partition coefficient (Wildman–Crippen LogP) is 1.98. The van der Waals surface area contributed by atoms with Crippen LogP contribution in [0.5, 0.6) is 0 Å². The number of sulfonamides is 1. The summed E-state index contributed by atoms with van der Waals surface area (Å²) >= 11 is 0. The van der Waals surface area contributed by atoms with Gasteiger partial charge < -0.3 is 4.74 Å². The van der Waals surface area contributed by atoms with Crippen molar-refractivity contribution < 1.29 is 31.9 Å². The number of benzene rings is 1. The van der Waals surface area contributed by atoms with Crippen LogP contribution in [-0.4, -0.2) is 60.1 Å². The second-order valence-corrected chi connectivity index (χ2v) is 9.71. The Kier molecular flexibility index (Phi) is 6.26. The highest BCUT2D eigenvalue weighted by atomic mass is 32.2. The maximum atomic E-state index is 14.1. The van der Waals surface area contributed by atoms with Crippen molar-refractivity contribution in [3.05, 3.63) is 59.2 Å². The molecule has 33 heavy (non-hydrogen) atoms. The summed E-state index contributed by atoms with van der Waals surface area (Å²) < 4.78 is 47.2. The van der Waals surface area contributed by atoms with E-state index < -0.39 is 39.5 Å². The molecule has 1 aromatic carbocycles. The molecule has 1 saturated heterocycles. The zero-order valence-corrected chi connectivity index (χ0v) is 18.7. The second kappa shape index (κ2) is 8.99. The van der Waals surface area contributed by atoms with Crippen LogP contribution in [0, 0.1) is 11.7 Å². The number of carbonyl (C=O) groups excluding carboxylic acids is 3. The number of nitrogens with zero attached hydrogens (tertiary/aromatic N) is 3. The van der Waals surface area contributed by atoms with Crippen LogP contribution >= 0.6 is 0 Å². The van der Waals surface area contributed by atoms with E-state index in [1.807, 2.05) is 0 Å². The van der Waals surface area contributed by atoms with Crippen LogP contribution in [0.2, 0.25) is 0 Å². The highest BCUT2D eigenvalue weighted by Gasteiger charge is 2.39. The number of hydrogen-bond acceptors (Lipinski definition) is 7. The fraction of sp³-hybridized carbons (Fsp3) is 0.364. The number of ether oxygens (including phenoxy) is 1. The maximum absolute atomic E-state index is 14.1. The number of amides is 2. The van der Waals surface area contributed by atoms with Crippen molar-refractivity contribution >= 4 is 27.8 Å². The monoisotopic (exact) mass is 475 g/mol. The lowest BCUT2D eigenvalue weighted by molar-refractivity contribution is -0.149. The first-order chi connectivity index (χ1) is 15.7. The summed E-state index contributed by atoms with van der Waals surface area (Å²) in [5.41, 5.74) is 0.203. The Morgan fingerprint density at radius 1 is 1.24 bits per heavy atom. The molecule has 2 aromatic rings. The van der Waals surface area contributed by atoms with Crippen LogP contribution < -0.4 is 0 Å². The lowest BCUT2D eigenvalue weighted by Gasteiger charge is -2.31. The van der Waals surface area contributed by atoms with Crippen LogP contribution in [0.3, 0.4) is 0 Å². The fourth-order valence-corrected chi connectivity index (χ4v) is 5.83. The molecular weight excluding hydrogens is 453 g/mol. The van der Waals surface area contributed by atoms with E-state index in [2.05, 4.69) is 4.98 Å². The van der Waals surface area contributed by atoms with Crippen molar-refractivity contribution in [3.8, 4) is 0 Å². The fourth-order valence-electron chi connectivity index (χ4n) is 4.08. The number of pyridine rings is 1. The Balaban J connectivity index is 1.64. The average Bonchev–Trinajstić information content (AvgIpc) is 3.05. The molecule has 1 atom stereocenters. The molecule has 0 spiro atoms. The third-order valence-corrected chi connectivity index (χ3v) is 7.66. The van der Waals surface area contributed by atoms with Crippen molar-refractivity contribution in [2.45, 2.75) is 31.2 Å². The zero-order valence-electron chi connectivity index (χ0n) is 17.9. The molecule has 0 N–H and O–H groups in total. The van der Waals surface area contributed by atoms with Gasteiger partial charge in [0, 0.05) is 19.3 Å². The molecule has 0 bridgehead atoms. The highest BCUT2D eigenvalue weighted by molar-refractivity contribution is 7.89. The molecule has 0 saturated carbocycles. The van der Waals surface area contributed by atoms with Crippen molar-refractivity contribution in [1.29, 1.82) is 0 Å². The van der Waals surface area contributed by atoms with Crippen molar-refractivity contribution in [2.75, 3.05) is 19.7 Å². The molecule has 0 unspecified atom stereocenters. The molecule has 4 rings (SSSR count). The van der Waals surface area contributed by atoms with E-state index in [4.69, 9.17) is 4.74 Å². The molecule has 0 aliphatic carbocycles. The third-order valence-electron chi connectivity index (χ3n) is 5.71. The number of halogens is 1. The Morgan fingerprint density at radius 3 is 2.76 bits per heavy atom. The van der Waals surface area contributed by atoms with E-state index in [-0.39, 0.29) is 48.0 Å². The van der Waals surface area contributed by atoms with Gasteiger partial charge in [0.15, 0.2) is 0 Å². The largest absolute Gasteiger partial charge is 0.466 e. The number of esters is 1. The van der Waals surface area contributed by atoms with Gasteiger partial charge in [0.2, 0.25) is 10.0 Å². The Morgan fingerprint density at radius 2 is 2.03 bits per heavy atom. The smallest absolute Gasteiger partial charge is 0.310 e. The number of aromatic nitrogens is 1. The SMILES string of the molecule is CCOC(=O)[C@H]1CCCN(S(=O)(=O)c2cc(F)ccc2CN2C(=O)c3cccnc3C2=O)C1. The van der Waals surface area contributed by atoms with Gasteiger partial charge >= 0.3 is 5.97 Å². The quantitative estimate of drug-likeness (QED) is 0.464. The van der Waals surface area contributed by atoms with E-state index in [1.54, 1.807) is 6.92 Å². The molecule has 9 nitrogen and oxygen atoms in total. The lowest BCUT2D eigenvalue weighted by atomic mass is 10.0. The first kappa shape index (κ1) is 23.0. The second-order valence-electron chi connectivity index (χ2n) is 7.80. The number of carbonyl (C=O) groups is 3. The minimum atomic E-state index is -4.22. The summed E-state index contributed by atoms with van der Waals surface area (Å²) in [5, 5.41) is 0. The van der Waals surface area contributed by atoms with Gasteiger partial charge in [-0.25, -0.2) is 12.8 Å². The molecule has 11 heteroatoms. The molecule has 2 aliphatic heterocycles. The first-order valence-corrected chi connectivity index (χ1v) is 11.9. The maximum Gasteiger partial charge on any atom is 0.310 e. The van der Waals surface area contributed by atoms with E-state index >= 15 is 0 Å². The van der Waals surface area contributed by atoms with Crippen molar-refractivity contribution in [1.82, 2.24) is 14.2 Å². The lowest BCUT2D eigenvalue weighted by Crippen LogP contribution is -2.43. The van der Waals surface area contributed by atoms with Gasteiger partial charge in [-0.05, 0) is 49.6 Å². The van der Waals surface area contributed by atoms with E-state index in [0.29, 0.717) is 12.8 Å². The zero-order chi connectivity index (χ0) is 23.8. The van der Waals surface area contributed by atoms with Crippen molar-refractivity contribution in [3.63, 3.8) is 0 Å². The number of piperidine rings is 1.